The van der Waals surface area contributed by atoms with Crippen molar-refractivity contribution < 1.29 is 19.7 Å². The third-order valence-corrected chi connectivity index (χ3v) is 6.94. The number of fused-ring (bicyclic) bond motifs is 2. The molecule has 1 saturated heterocycles. The Balaban J connectivity index is 1.25. The van der Waals surface area contributed by atoms with Crippen molar-refractivity contribution >= 4 is 22.5 Å². The van der Waals surface area contributed by atoms with E-state index in [1.165, 1.54) is 0 Å². The zero-order chi connectivity index (χ0) is 21.6. The Morgan fingerprint density at radius 3 is 2.84 bits per heavy atom. The van der Waals surface area contributed by atoms with Gasteiger partial charge >= 0.3 is 0 Å². The van der Waals surface area contributed by atoms with Gasteiger partial charge in [0.1, 0.15) is 17.1 Å². The number of rotatable bonds is 4. The summed E-state index contributed by atoms with van der Waals surface area (Å²) in [7, 11) is 1.64. The standard InChI is InChI=1S/C24H27ClN2O4/c1-30-16-3-4-17-19(13-26-20(17)11-16)22(29)14-27-8-6-24(7-9-27)12-21(28)18-10-15(25)2-5-23(18)31-24/h2-5,10-11,13,21-22,26,28-29H,6-9,12,14H2,1H3. The minimum atomic E-state index is -0.586. The number of piperidine rings is 1. The van der Waals surface area contributed by atoms with Gasteiger partial charge in [-0.3, -0.25) is 0 Å². The Morgan fingerprint density at radius 2 is 2.06 bits per heavy atom. The molecular weight excluding hydrogens is 416 g/mol. The number of methoxy groups -OCH3 is 1. The van der Waals surface area contributed by atoms with Crippen LogP contribution in [0.25, 0.3) is 10.9 Å². The summed E-state index contributed by atoms with van der Waals surface area (Å²) in [5.74, 6) is 1.51. The lowest BCUT2D eigenvalue weighted by Gasteiger charge is -2.46. The van der Waals surface area contributed by atoms with Gasteiger partial charge < -0.3 is 29.6 Å². The summed E-state index contributed by atoms with van der Waals surface area (Å²) in [6.07, 6.45) is 2.91. The molecule has 2 aliphatic rings. The van der Waals surface area contributed by atoms with Crippen molar-refractivity contribution in [2.45, 2.75) is 37.1 Å². The van der Waals surface area contributed by atoms with E-state index >= 15 is 0 Å². The van der Waals surface area contributed by atoms with E-state index in [1.807, 2.05) is 30.5 Å². The monoisotopic (exact) mass is 442 g/mol. The van der Waals surface area contributed by atoms with E-state index in [0.29, 0.717) is 18.0 Å². The number of nitrogens with one attached hydrogen (secondary N) is 1. The number of aromatic amines is 1. The quantitative estimate of drug-likeness (QED) is 0.564. The van der Waals surface area contributed by atoms with E-state index in [0.717, 1.165) is 59.5 Å². The number of ether oxygens (including phenoxy) is 2. The van der Waals surface area contributed by atoms with Crippen molar-refractivity contribution in [1.29, 1.82) is 0 Å². The highest BCUT2D eigenvalue weighted by Gasteiger charge is 2.43. The number of halogens is 1. The molecule has 0 aliphatic carbocycles. The van der Waals surface area contributed by atoms with Crippen LogP contribution in [0.1, 0.15) is 42.6 Å². The molecule has 3 heterocycles. The molecule has 1 spiro atoms. The Hall–Kier alpha value is -2.25. The number of β-amino-alcohol motifs (C(OH)–C–C–N with tert-alkyl or cyclic N) is 1. The van der Waals surface area contributed by atoms with Crippen LogP contribution in [0, 0.1) is 0 Å². The molecule has 31 heavy (non-hydrogen) atoms. The topological polar surface area (TPSA) is 78.0 Å². The van der Waals surface area contributed by atoms with Crippen molar-refractivity contribution in [3.8, 4) is 11.5 Å². The average Bonchev–Trinajstić information content (AvgIpc) is 3.19. The van der Waals surface area contributed by atoms with Gasteiger partial charge in [0.2, 0.25) is 0 Å². The number of aliphatic hydroxyl groups is 2. The van der Waals surface area contributed by atoms with E-state index < -0.39 is 12.2 Å². The third kappa shape index (κ3) is 3.89. The van der Waals surface area contributed by atoms with Gasteiger partial charge in [-0.2, -0.15) is 0 Å². The molecule has 2 unspecified atom stereocenters. The highest BCUT2D eigenvalue weighted by Crippen LogP contribution is 2.45. The van der Waals surface area contributed by atoms with Crippen molar-refractivity contribution in [3.63, 3.8) is 0 Å². The van der Waals surface area contributed by atoms with Crippen LogP contribution in [0.3, 0.4) is 0 Å². The fraction of sp³-hybridized carbons (Fsp3) is 0.417. The van der Waals surface area contributed by atoms with Gasteiger partial charge in [0.15, 0.2) is 0 Å². The summed E-state index contributed by atoms with van der Waals surface area (Å²) < 4.78 is 11.6. The smallest absolute Gasteiger partial charge is 0.126 e. The van der Waals surface area contributed by atoms with Gasteiger partial charge in [-0.05, 0) is 43.2 Å². The number of aliphatic hydroxyl groups excluding tert-OH is 2. The van der Waals surface area contributed by atoms with Crippen LogP contribution in [-0.2, 0) is 0 Å². The van der Waals surface area contributed by atoms with Gasteiger partial charge in [0.05, 0.1) is 19.3 Å². The van der Waals surface area contributed by atoms with Crippen molar-refractivity contribution in [3.05, 3.63) is 58.7 Å². The Kier molecular flexibility index (Phi) is 5.34. The lowest BCUT2D eigenvalue weighted by Crippen LogP contribution is -2.51. The molecule has 3 N–H and O–H groups in total. The van der Waals surface area contributed by atoms with Gasteiger partial charge in [0.25, 0.3) is 0 Å². The van der Waals surface area contributed by atoms with Gasteiger partial charge in [-0.25, -0.2) is 0 Å². The fourth-order valence-electron chi connectivity index (χ4n) is 4.93. The van der Waals surface area contributed by atoms with Gasteiger partial charge in [-0.15, -0.1) is 0 Å². The molecule has 0 amide bonds. The van der Waals surface area contributed by atoms with E-state index in [1.54, 1.807) is 19.2 Å². The number of H-pyrrole nitrogens is 1. The molecule has 2 aromatic carbocycles. The molecule has 0 radical (unpaired) electrons. The highest BCUT2D eigenvalue weighted by molar-refractivity contribution is 6.30. The first-order chi connectivity index (χ1) is 15.0. The molecule has 7 heteroatoms. The van der Waals surface area contributed by atoms with Crippen LogP contribution in [0.15, 0.2) is 42.6 Å². The van der Waals surface area contributed by atoms with Crippen LogP contribution in [0.2, 0.25) is 5.02 Å². The molecule has 1 aromatic heterocycles. The Labute approximate surface area is 186 Å². The summed E-state index contributed by atoms with van der Waals surface area (Å²) in [5, 5.41) is 23.2. The molecule has 3 aromatic rings. The summed E-state index contributed by atoms with van der Waals surface area (Å²) >= 11 is 6.08. The molecule has 6 nitrogen and oxygen atoms in total. The summed E-state index contributed by atoms with van der Waals surface area (Å²) in [5.41, 5.74) is 2.26. The largest absolute Gasteiger partial charge is 0.497 e. The minimum Gasteiger partial charge on any atom is -0.497 e. The highest BCUT2D eigenvalue weighted by atomic mass is 35.5. The zero-order valence-electron chi connectivity index (χ0n) is 17.5. The van der Waals surface area contributed by atoms with E-state index in [4.69, 9.17) is 21.1 Å². The molecule has 2 atom stereocenters. The minimum absolute atomic E-state index is 0.362. The molecule has 1 fully saturated rings. The summed E-state index contributed by atoms with van der Waals surface area (Å²) in [6, 6.07) is 11.3. The number of aromatic nitrogens is 1. The molecule has 164 valence electrons. The number of hydrogen-bond acceptors (Lipinski definition) is 5. The maximum Gasteiger partial charge on any atom is 0.126 e. The second-order valence-corrected chi connectivity index (χ2v) is 9.10. The average molecular weight is 443 g/mol. The molecular formula is C24H27ClN2O4. The molecule has 5 rings (SSSR count). The molecule has 2 aliphatic heterocycles. The van der Waals surface area contributed by atoms with Crippen LogP contribution in [0.4, 0.5) is 0 Å². The van der Waals surface area contributed by atoms with Gasteiger partial charge in [-0.1, -0.05) is 11.6 Å². The first-order valence-corrected chi connectivity index (χ1v) is 11.1. The fourth-order valence-corrected chi connectivity index (χ4v) is 5.11. The normalized spacial score (nSPS) is 21.6. The van der Waals surface area contributed by atoms with Crippen molar-refractivity contribution in [1.82, 2.24) is 9.88 Å². The van der Waals surface area contributed by atoms with E-state index in [2.05, 4.69) is 9.88 Å². The summed E-state index contributed by atoms with van der Waals surface area (Å²) in [4.78, 5) is 5.50. The summed E-state index contributed by atoms with van der Waals surface area (Å²) in [6.45, 7) is 2.18. The van der Waals surface area contributed by atoms with Crippen LogP contribution >= 0.6 is 11.6 Å². The first kappa shape index (κ1) is 20.6. The van der Waals surface area contributed by atoms with Crippen molar-refractivity contribution in [2.24, 2.45) is 0 Å². The Bertz CT molecular complexity index is 1090. The third-order valence-electron chi connectivity index (χ3n) is 6.70. The maximum atomic E-state index is 10.9. The van der Waals surface area contributed by atoms with Crippen LogP contribution < -0.4 is 9.47 Å². The van der Waals surface area contributed by atoms with Crippen LogP contribution in [-0.4, -0.2) is 52.4 Å². The predicted octanol–water partition coefficient (Wildman–Crippen LogP) is 4.21. The number of hydrogen-bond donors (Lipinski definition) is 3. The second-order valence-electron chi connectivity index (χ2n) is 8.66. The predicted molar refractivity (Wildman–Crippen MR) is 120 cm³/mol. The number of benzene rings is 2. The second kappa shape index (κ2) is 8.02. The number of nitrogens with zero attached hydrogens (tertiary/aromatic N) is 1. The number of likely N-dealkylation sites (tertiary alicyclic amines) is 1. The van der Waals surface area contributed by atoms with Crippen molar-refractivity contribution in [2.75, 3.05) is 26.7 Å². The van der Waals surface area contributed by atoms with Gasteiger partial charge in [0, 0.05) is 65.4 Å². The SMILES string of the molecule is COc1ccc2c(C(O)CN3CCC4(CC3)CC(O)c3cc(Cl)ccc3O4)c[nH]c2c1. The molecule has 0 saturated carbocycles. The lowest BCUT2D eigenvalue weighted by molar-refractivity contribution is -0.0587. The lowest BCUT2D eigenvalue weighted by atomic mass is 9.81. The van der Waals surface area contributed by atoms with Crippen LogP contribution in [0.5, 0.6) is 11.5 Å². The molecule has 0 bridgehead atoms. The van der Waals surface area contributed by atoms with E-state index in [9.17, 15) is 10.2 Å². The Morgan fingerprint density at radius 1 is 1.26 bits per heavy atom. The zero-order valence-corrected chi connectivity index (χ0v) is 18.2. The first-order valence-electron chi connectivity index (χ1n) is 10.7. The van der Waals surface area contributed by atoms with E-state index in [-0.39, 0.29) is 5.60 Å². The maximum absolute atomic E-state index is 10.9.